The van der Waals surface area contributed by atoms with Crippen LogP contribution in [0.25, 0.3) is 0 Å². The van der Waals surface area contributed by atoms with E-state index < -0.39 is 23.6 Å². The lowest BCUT2D eigenvalue weighted by atomic mass is 10.2. The van der Waals surface area contributed by atoms with E-state index in [1.54, 1.807) is 19.1 Å². The molecular weight excluding hydrogens is 294 g/mol. The molecule has 0 aromatic heterocycles. The lowest BCUT2D eigenvalue weighted by Crippen LogP contribution is -2.08. The lowest BCUT2D eigenvalue weighted by molar-refractivity contribution is 0.373. The molecule has 0 amide bonds. The third kappa shape index (κ3) is 3.47. The van der Waals surface area contributed by atoms with E-state index in [9.17, 15) is 13.0 Å². The van der Waals surface area contributed by atoms with Gasteiger partial charge in [0.2, 0.25) is 0 Å². The lowest BCUT2D eigenvalue weighted by Gasteiger charge is -2.08. The first-order valence-electron chi connectivity index (χ1n) is 4.17. The van der Waals surface area contributed by atoms with Crippen LogP contribution in [0.3, 0.4) is 0 Å². The molecule has 0 fully saturated rings. The summed E-state index contributed by atoms with van der Waals surface area (Å²) in [6.45, 7) is 1.59. The maximum absolute atomic E-state index is 11.7. The van der Waals surface area contributed by atoms with Crippen molar-refractivity contribution in [2.24, 2.45) is 0 Å². The van der Waals surface area contributed by atoms with Crippen LogP contribution in [-0.2, 0) is 18.9 Å². The Morgan fingerprint density at radius 2 is 2.06 bits per heavy atom. The van der Waals surface area contributed by atoms with Gasteiger partial charge in [-0.1, -0.05) is 35.0 Å². The average molecular weight is 303 g/mol. The molecule has 0 N–H and O–H groups in total. The predicted molar refractivity (Wildman–Crippen MR) is 64.2 cm³/mol. The van der Waals surface area contributed by atoms with Gasteiger partial charge in [0.15, 0.2) is 7.15 Å². The highest BCUT2D eigenvalue weighted by molar-refractivity contribution is 7.87. The van der Waals surface area contributed by atoms with Crippen LogP contribution in [0.1, 0.15) is 5.56 Å². The minimum atomic E-state index is -4.01. The van der Waals surface area contributed by atoms with Gasteiger partial charge < -0.3 is 4.57 Å². The molecule has 1 atom stereocenters. The van der Waals surface area contributed by atoms with Gasteiger partial charge in [0, 0.05) is 0 Å². The van der Waals surface area contributed by atoms with E-state index in [0.717, 1.165) is 0 Å². The summed E-state index contributed by atoms with van der Waals surface area (Å²) < 4.78 is 38.5. The standard InChI is InChI=1S/C8H9Cl2O4PS/c1-6-3-2-4-7(9)8(6)16(12,13)14-5-15(10)11/h2-4,15H,5H2,1H3. The Hall–Kier alpha value is -0.0600. The second-order valence-corrected chi connectivity index (χ2v) is 7.18. The maximum Gasteiger partial charge on any atom is 0.299 e. The smallest absolute Gasteiger partial charge is 0.299 e. The Bertz CT molecular complexity index is 495. The largest absolute Gasteiger partial charge is 0.307 e. The molecule has 8 heteroatoms. The van der Waals surface area contributed by atoms with E-state index in [-0.39, 0.29) is 9.92 Å². The van der Waals surface area contributed by atoms with Gasteiger partial charge in [-0.2, -0.15) is 8.42 Å². The van der Waals surface area contributed by atoms with Gasteiger partial charge in [-0.25, -0.2) is 0 Å². The fourth-order valence-electron chi connectivity index (χ4n) is 1.12. The molecule has 1 unspecified atom stereocenters. The summed E-state index contributed by atoms with van der Waals surface area (Å²) in [5, 5.41) is 0.0641. The highest BCUT2D eigenvalue weighted by Crippen LogP contribution is 2.31. The zero-order valence-electron chi connectivity index (χ0n) is 8.24. The summed E-state index contributed by atoms with van der Waals surface area (Å²) in [5.41, 5.74) is 0.460. The number of aryl methyl sites for hydroxylation is 1. The zero-order valence-corrected chi connectivity index (χ0v) is 11.6. The number of benzene rings is 1. The monoisotopic (exact) mass is 302 g/mol. The molecule has 0 aliphatic rings. The van der Waals surface area contributed by atoms with Crippen molar-refractivity contribution in [1.82, 2.24) is 0 Å². The molecular formula is C8H9Cl2O4PS. The van der Waals surface area contributed by atoms with Gasteiger partial charge in [0.25, 0.3) is 10.1 Å². The van der Waals surface area contributed by atoms with E-state index >= 15 is 0 Å². The first-order chi connectivity index (χ1) is 7.34. The third-order valence-electron chi connectivity index (χ3n) is 1.74. The van der Waals surface area contributed by atoms with E-state index in [1.807, 2.05) is 0 Å². The molecule has 4 nitrogen and oxygen atoms in total. The molecule has 0 heterocycles. The van der Waals surface area contributed by atoms with Crippen molar-refractivity contribution in [2.75, 3.05) is 6.35 Å². The summed E-state index contributed by atoms with van der Waals surface area (Å²) in [5.74, 6) is 0. The van der Waals surface area contributed by atoms with Crippen LogP contribution in [0.15, 0.2) is 23.1 Å². The molecule has 90 valence electrons. The second-order valence-electron chi connectivity index (χ2n) is 2.96. The Kier molecular flexibility index (Phi) is 4.83. The second kappa shape index (κ2) is 5.52. The molecule has 0 aliphatic carbocycles. The van der Waals surface area contributed by atoms with Crippen LogP contribution >= 0.6 is 30.0 Å². The summed E-state index contributed by atoms with van der Waals surface area (Å²) in [4.78, 5) is -0.114. The van der Waals surface area contributed by atoms with Crippen molar-refractivity contribution < 1.29 is 17.2 Å². The van der Waals surface area contributed by atoms with Gasteiger partial charge in [0.1, 0.15) is 11.2 Å². The molecule has 0 aliphatic heterocycles. The molecule has 1 rings (SSSR count). The topological polar surface area (TPSA) is 60.4 Å². The van der Waals surface area contributed by atoms with Crippen molar-refractivity contribution in [2.45, 2.75) is 11.8 Å². The normalized spacial score (nSPS) is 13.7. The molecule has 0 bridgehead atoms. The predicted octanol–water partition coefficient (Wildman–Crippen LogP) is 3.02. The van der Waals surface area contributed by atoms with Crippen molar-refractivity contribution in [3.05, 3.63) is 28.8 Å². The summed E-state index contributed by atoms with van der Waals surface area (Å²) >= 11 is 10.9. The Labute approximate surface area is 104 Å². The van der Waals surface area contributed by atoms with Crippen LogP contribution in [0, 0.1) is 6.92 Å². The summed E-state index contributed by atoms with van der Waals surface area (Å²) in [6, 6.07) is 4.65. The van der Waals surface area contributed by atoms with Crippen molar-refractivity contribution in [3.8, 4) is 0 Å². The molecule has 0 radical (unpaired) electrons. The average Bonchev–Trinajstić information content (AvgIpc) is 2.14. The van der Waals surface area contributed by atoms with Gasteiger partial charge in [-0.3, -0.25) is 4.18 Å². The SMILES string of the molecule is Cc1cccc(Cl)c1S(=O)(=O)OC[PH](=O)Cl. The maximum atomic E-state index is 11.7. The van der Waals surface area contributed by atoms with Crippen LogP contribution in [-0.4, -0.2) is 14.8 Å². The first-order valence-corrected chi connectivity index (χ1v) is 8.59. The molecule has 1 aromatic rings. The molecule has 0 spiro atoms. The first kappa shape index (κ1) is 14.0. The molecule has 1 aromatic carbocycles. The van der Waals surface area contributed by atoms with E-state index in [0.29, 0.717) is 5.56 Å². The number of rotatable bonds is 4. The number of hydrogen-bond donors (Lipinski definition) is 0. The molecule has 0 saturated carbocycles. The molecule has 16 heavy (non-hydrogen) atoms. The summed E-state index contributed by atoms with van der Waals surface area (Å²) in [7, 11) is -6.53. The summed E-state index contributed by atoms with van der Waals surface area (Å²) in [6.07, 6.45) is -0.529. The fourth-order valence-corrected chi connectivity index (χ4v) is 3.90. The quantitative estimate of drug-likeness (QED) is 0.633. The number of hydrogen-bond acceptors (Lipinski definition) is 4. The van der Waals surface area contributed by atoms with Crippen LogP contribution in [0.2, 0.25) is 5.02 Å². The van der Waals surface area contributed by atoms with Gasteiger partial charge in [0.05, 0.1) is 5.02 Å². The van der Waals surface area contributed by atoms with Gasteiger partial charge in [-0.05, 0) is 18.6 Å². The van der Waals surface area contributed by atoms with E-state index in [2.05, 4.69) is 4.18 Å². The minimum absolute atomic E-state index is 0.0641. The highest BCUT2D eigenvalue weighted by Gasteiger charge is 2.21. The van der Waals surface area contributed by atoms with Crippen LogP contribution in [0.4, 0.5) is 0 Å². The van der Waals surface area contributed by atoms with Crippen LogP contribution < -0.4 is 0 Å². The van der Waals surface area contributed by atoms with Crippen molar-refractivity contribution >= 4 is 40.1 Å². The Balaban J connectivity index is 3.12. The Morgan fingerprint density at radius 1 is 1.44 bits per heavy atom. The highest BCUT2D eigenvalue weighted by atomic mass is 35.7. The minimum Gasteiger partial charge on any atom is -0.307 e. The van der Waals surface area contributed by atoms with Crippen molar-refractivity contribution in [1.29, 1.82) is 0 Å². The number of halogens is 2. The third-order valence-corrected chi connectivity index (χ3v) is 4.55. The van der Waals surface area contributed by atoms with Gasteiger partial charge in [-0.15, -0.1) is 0 Å². The van der Waals surface area contributed by atoms with E-state index in [4.69, 9.17) is 22.8 Å². The zero-order chi connectivity index (χ0) is 12.3. The van der Waals surface area contributed by atoms with E-state index in [1.165, 1.54) is 6.07 Å². The van der Waals surface area contributed by atoms with Gasteiger partial charge >= 0.3 is 0 Å². The Morgan fingerprint density at radius 3 is 2.56 bits per heavy atom. The fraction of sp³-hybridized carbons (Fsp3) is 0.250. The van der Waals surface area contributed by atoms with Crippen LogP contribution in [0.5, 0.6) is 0 Å². The van der Waals surface area contributed by atoms with Crippen molar-refractivity contribution in [3.63, 3.8) is 0 Å². The molecule has 0 saturated heterocycles.